The van der Waals surface area contributed by atoms with Crippen LogP contribution < -0.4 is 15.4 Å². The monoisotopic (exact) mass is 355 g/mol. The summed E-state index contributed by atoms with van der Waals surface area (Å²) in [5.41, 5.74) is 2.27. The first-order chi connectivity index (χ1) is 12.8. The van der Waals surface area contributed by atoms with Crippen LogP contribution in [0.25, 0.3) is 0 Å². The van der Waals surface area contributed by atoms with E-state index in [2.05, 4.69) is 40.7 Å². The Kier molecular flexibility index (Phi) is 9.08. The Hall–Kier alpha value is -2.53. The summed E-state index contributed by atoms with van der Waals surface area (Å²) in [5.74, 6) is 1.68. The van der Waals surface area contributed by atoms with Gasteiger partial charge in [-0.2, -0.15) is 0 Å². The maximum Gasteiger partial charge on any atom is 0.191 e. The summed E-state index contributed by atoms with van der Waals surface area (Å²) in [6.45, 7) is 5.63. The molecule has 5 heteroatoms. The van der Waals surface area contributed by atoms with Crippen LogP contribution in [0.5, 0.6) is 5.75 Å². The van der Waals surface area contributed by atoms with Crippen LogP contribution in [-0.4, -0.2) is 32.8 Å². The molecule has 0 aromatic heterocycles. The molecule has 0 fully saturated rings. The summed E-state index contributed by atoms with van der Waals surface area (Å²) >= 11 is 0. The van der Waals surface area contributed by atoms with Gasteiger partial charge in [0.25, 0.3) is 0 Å². The SMILES string of the molecule is CCNC(=NCc1cccc(OCc2ccccc2)c1)NCCCOC. The second-order valence-corrected chi connectivity index (χ2v) is 5.89. The van der Waals surface area contributed by atoms with Gasteiger partial charge in [0.1, 0.15) is 12.4 Å². The first kappa shape index (κ1) is 19.8. The van der Waals surface area contributed by atoms with Crippen molar-refractivity contribution in [1.29, 1.82) is 0 Å². The molecule has 0 saturated carbocycles. The topological polar surface area (TPSA) is 54.9 Å². The third-order valence-electron chi connectivity index (χ3n) is 3.73. The zero-order chi connectivity index (χ0) is 18.5. The molecule has 0 atom stereocenters. The molecule has 26 heavy (non-hydrogen) atoms. The first-order valence-corrected chi connectivity index (χ1v) is 9.08. The minimum absolute atomic E-state index is 0.567. The van der Waals surface area contributed by atoms with E-state index in [0.717, 1.165) is 49.0 Å². The molecule has 0 unspecified atom stereocenters. The third kappa shape index (κ3) is 7.57. The van der Waals surface area contributed by atoms with Crippen molar-refractivity contribution in [2.24, 2.45) is 4.99 Å². The molecule has 5 nitrogen and oxygen atoms in total. The van der Waals surface area contributed by atoms with Gasteiger partial charge in [-0.15, -0.1) is 0 Å². The van der Waals surface area contributed by atoms with E-state index in [1.165, 1.54) is 0 Å². The highest BCUT2D eigenvalue weighted by Gasteiger charge is 2.00. The Morgan fingerprint density at radius 2 is 1.81 bits per heavy atom. The Morgan fingerprint density at radius 1 is 1.00 bits per heavy atom. The highest BCUT2D eigenvalue weighted by Crippen LogP contribution is 2.16. The van der Waals surface area contributed by atoms with E-state index in [4.69, 9.17) is 9.47 Å². The van der Waals surface area contributed by atoms with Crippen LogP contribution in [0.4, 0.5) is 0 Å². The number of nitrogens with one attached hydrogen (secondary N) is 2. The fourth-order valence-electron chi connectivity index (χ4n) is 2.41. The molecule has 0 heterocycles. The molecule has 0 bridgehead atoms. The molecule has 2 N–H and O–H groups in total. The lowest BCUT2D eigenvalue weighted by Gasteiger charge is -2.11. The average molecular weight is 355 g/mol. The van der Waals surface area contributed by atoms with Crippen LogP contribution in [0.15, 0.2) is 59.6 Å². The molecule has 0 spiro atoms. The van der Waals surface area contributed by atoms with Crippen molar-refractivity contribution in [3.05, 3.63) is 65.7 Å². The van der Waals surface area contributed by atoms with Crippen LogP contribution in [-0.2, 0) is 17.9 Å². The molecular formula is C21H29N3O2. The molecule has 2 aromatic carbocycles. The van der Waals surface area contributed by atoms with E-state index in [9.17, 15) is 0 Å². The third-order valence-corrected chi connectivity index (χ3v) is 3.73. The fraction of sp³-hybridized carbons (Fsp3) is 0.381. The Bertz CT molecular complexity index is 659. The molecule has 0 radical (unpaired) electrons. The number of rotatable bonds is 10. The van der Waals surface area contributed by atoms with Crippen molar-refractivity contribution in [2.75, 3.05) is 26.8 Å². The average Bonchev–Trinajstić information content (AvgIpc) is 2.69. The maximum absolute atomic E-state index is 5.89. The van der Waals surface area contributed by atoms with Gasteiger partial charge in [0.15, 0.2) is 5.96 Å². The predicted octanol–water partition coefficient (Wildman–Crippen LogP) is 3.36. The van der Waals surface area contributed by atoms with Crippen molar-refractivity contribution >= 4 is 5.96 Å². The van der Waals surface area contributed by atoms with Crippen molar-refractivity contribution in [2.45, 2.75) is 26.5 Å². The second kappa shape index (κ2) is 11.9. The van der Waals surface area contributed by atoms with Crippen molar-refractivity contribution in [1.82, 2.24) is 10.6 Å². The lowest BCUT2D eigenvalue weighted by Crippen LogP contribution is -2.38. The van der Waals surface area contributed by atoms with E-state index < -0.39 is 0 Å². The minimum Gasteiger partial charge on any atom is -0.489 e. The number of ether oxygens (including phenoxy) is 2. The van der Waals surface area contributed by atoms with Gasteiger partial charge in [-0.05, 0) is 36.6 Å². The Labute approximate surface area is 156 Å². The number of guanidine groups is 1. The highest BCUT2D eigenvalue weighted by atomic mass is 16.5. The first-order valence-electron chi connectivity index (χ1n) is 9.08. The van der Waals surface area contributed by atoms with Gasteiger partial charge in [0, 0.05) is 26.8 Å². The van der Waals surface area contributed by atoms with E-state index >= 15 is 0 Å². The molecule has 2 rings (SSSR count). The molecule has 0 saturated heterocycles. The van der Waals surface area contributed by atoms with Crippen LogP contribution in [0.3, 0.4) is 0 Å². The summed E-state index contributed by atoms with van der Waals surface area (Å²) in [4.78, 5) is 4.64. The van der Waals surface area contributed by atoms with Crippen LogP contribution in [0.1, 0.15) is 24.5 Å². The van der Waals surface area contributed by atoms with Crippen LogP contribution >= 0.6 is 0 Å². The van der Waals surface area contributed by atoms with Crippen LogP contribution in [0.2, 0.25) is 0 Å². The molecular weight excluding hydrogens is 326 g/mol. The van der Waals surface area contributed by atoms with E-state index in [1.54, 1.807) is 7.11 Å². The van der Waals surface area contributed by atoms with E-state index in [-0.39, 0.29) is 0 Å². The van der Waals surface area contributed by atoms with Gasteiger partial charge in [0.2, 0.25) is 0 Å². The summed E-state index contributed by atoms with van der Waals surface area (Å²) in [6.07, 6.45) is 0.948. The van der Waals surface area contributed by atoms with Gasteiger partial charge in [-0.25, -0.2) is 4.99 Å². The zero-order valence-corrected chi connectivity index (χ0v) is 15.7. The van der Waals surface area contributed by atoms with Gasteiger partial charge in [-0.1, -0.05) is 42.5 Å². The van der Waals surface area contributed by atoms with Gasteiger partial charge in [-0.3, -0.25) is 0 Å². The largest absolute Gasteiger partial charge is 0.489 e. The van der Waals surface area contributed by atoms with E-state index in [0.29, 0.717) is 13.2 Å². The summed E-state index contributed by atoms with van der Waals surface area (Å²) in [7, 11) is 1.71. The fourth-order valence-corrected chi connectivity index (χ4v) is 2.41. The molecule has 0 aliphatic rings. The van der Waals surface area contributed by atoms with Gasteiger partial charge in [0.05, 0.1) is 6.54 Å². The summed E-state index contributed by atoms with van der Waals surface area (Å²) < 4.78 is 11.0. The molecule has 0 aliphatic heterocycles. The van der Waals surface area contributed by atoms with Crippen LogP contribution in [0, 0.1) is 0 Å². The quantitative estimate of drug-likeness (QED) is 0.390. The number of benzene rings is 2. The summed E-state index contributed by atoms with van der Waals surface area (Å²) in [5, 5.41) is 6.57. The molecule has 2 aromatic rings. The maximum atomic E-state index is 5.89. The van der Waals surface area contributed by atoms with Gasteiger partial charge < -0.3 is 20.1 Å². The number of nitrogens with zero attached hydrogens (tertiary/aromatic N) is 1. The molecule has 0 amide bonds. The van der Waals surface area contributed by atoms with Gasteiger partial charge >= 0.3 is 0 Å². The Balaban J connectivity index is 1.88. The second-order valence-electron chi connectivity index (χ2n) is 5.89. The normalized spacial score (nSPS) is 11.2. The number of hydrogen-bond acceptors (Lipinski definition) is 3. The highest BCUT2D eigenvalue weighted by molar-refractivity contribution is 5.79. The minimum atomic E-state index is 0.567. The zero-order valence-electron chi connectivity index (χ0n) is 15.7. The predicted molar refractivity (Wildman–Crippen MR) is 107 cm³/mol. The lowest BCUT2D eigenvalue weighted by molar-refractivity contribution is 0.195. The van der Waals surface area contributed by atoms with Crippen molar-refractivity contribution in [3.63, 3.8) is 0 Å². The molecule has 0 aliphatic carbocycles. The van der Waals surface area contributed by atoms with Crippen molar-refractivity contribution in [3.8, 4) is 5.75 Å². The smallest absolute Gasteiger partial charge is 0.191 e. The lowest BCUT2D eigenvalue weighted by atomic mass is 10.2. The van der Waals surface area contributed by atoms with E-state index in [1.807, 2.05) is 36.4 Å². The number of methoxy groups -OCH3 is 1. The summed E-state index contributed by atoms with van der Waals surface area (Å²) in [6, 6.07) is 18.3. The molecule has 140 valence electrons. The Morgan fingerprint density at radius 3 is 2.58 bits per heavy atom. The number of aliphatic imine (C=N–C) groups is 1. The van der Waals surface area contributed by atoms with Crippen molar-refractivity contribution < 1.29 is 9.47 Å². The number of hydrogen-bond donors (Lipinski definition) is 2. The standard InChI is InChI=1S/C21H29N3O2/c1-3-22-21(23-13-8-14-25-2)24-16-19-11-7-12-20(15-19)26-17-18-9-5-4-6-10-18/h4-7,9-12,15H,3,8,13-14,16-17H2,1-2H3,(H2,22,23,24).